The Morgan fingerprint density at radius 1 is 1.91 bits per heavy atom. The van der Waals surface area contributed by atoms with Crippen molar-refractivity contribution in [3.8, 4) is 0 Å². The maximum absolute atomic E-state index is 11.1. The van der Waals surface area contributed by atoms with Crippen molar-refractivity contribution in [2.24, 2.45) is 4.99 Å². The fourth-order valence-corrected chi connectivity index (χ4v) is 1.37. The van der Waals surface area contributed by atoms with E-state index in [1.54, 1.807) is 4.90 Å². The van der Waals surface area contributed by atoms with Crippen LogP contribution in [-0.2, 0) is 4.79 Å². The van der Waals surface area contributed by atoms with E-state index in [0.717, 1.165) is 6.54 Å². The molecule has 0 spiro atoms. The highest BCUT2D eigenvalue weighted by atomic mass is 32.1. The average molecular weight is 170 g/mol. The predicted molar refractivity (Wildman–Crippen MR) is 45.7 cm³/mol. The van der Waals surface area contributed by atoms with Crippen LogP contribution in [0.3, 0.4) is 0 Å². The fraction of sp³-hybridized carbons (Fsp3) is 0.714. The minimum Gasteiger partial charge on any atom is -0.341 e. The van der Waals surface area contributed by atoms with Crippen molar-refractivity contribution in [1.82, 2.24) is 4.90 Å². The summed E-state index contributed by atoms with van der Waals surface area (Å²) in [5.74, 6) is 0.173. The van der Waals surface area contributed by atoms with Crippen LogP contribution in [0, 0.1) is 0 Å². The van der Waals surface area contributed by atoms with Gasteiger partial charge in [-0.2, -0.15) is 0 Å². The number of rotatable bonds is 2. The Morgan fingerprint density at radius 3 is 3.09 bits per heavy atom. The molecule has 4 heteroatoms. The number of carbonyl (C=O) groups is 1. The lowest BCUT2D eigenvalue weighted by Crippen LogP contribution is -2.24. The zero-order chi connectivity index (χ0) is 8.27. The Hall–Kier alpha value is -0.730. The molecule has 1 unspecified atom stereocenters. The largest absolute Gasteiger partial charge is 0.341 e. The number of nitrogens with zero attached hydrogens (tertiary/aromatic N) is 2. The van der Waals surface area contributed by atoms with Crippen LogP contribution in [0.2, 0.25) is 0 Å². The Bertz CT molecular complexity index is 210. The first kappa shape index (κ1) is 8.37. The van der Waals surface area contributed by atoms with Crippen molar-refractivity contribution in [1.29, 1.82) is 0 Å². The van der Waals surface area contributed by atoms with Crippen molar-refractivity contribution < 1.29 is 4.79 Å². The quantitative estimate of drug-likeness (QED) is 0.451. The zero-order valence-electron chi connectivity index (χ0n) is 6.41. The molecule has 60 valence electrons. The molecule has 1 aliphatic heterocycles. The lowest BCUT2D eigenvalue weighted by atomic mass is 10.3. The fourth-order valence-electron chi connectivity index (χ4n) is 1.22. The SMILES string of the molecule is CCN1CC(N=C=S)CC1=O. The van der Waals surface area contributed by atoms with Gasteiger partial charge in [-0.25, -0.2) is 4.99 Å². The molecule has 1 atom stereocenters. The van der Waals surface area contributed by atoms with Crippen molar-refractivity contribution in [3.05, 3.63) is 0 Å². The molecule has 1 aliphatic rings. The van der Waals surface area contributed by atoms with Crippen LogP contribution in [0.25, 0.3) is 0 Å². The van der Waals surface area contributed by atoms with Gasteiger partial charge in [-0.3, -0.25) is 4.79 Å². The normalized spacial score (nSPS) is 23.5. The smallest absolute Gasteiger partial charge is 0.224 e. The number of amides is 1. The summed E-state index contributed by atoms with van der Waals surface area (Å²) in [5.41, 5.74) is 0. The van der Waals surface area contributed by atoms with Crippen LogP contribution in [-0.4, -0.2) is 35.1 Å². The third-order valence-electron chi connectivity index (χ3n) is 1.81. The molecule has 0 bridgehead atoms. The number of aliphatic imine (C=N–C) groups is 1. The lowest BCUT2D eigenvalue weighted by Gasteiger charge is -2.10. The van der Waals surface area contributed by atoms with Gasteiger partial charge in [0.2, 0.25) is 5.91 Å². The van der Waals surface area contributed by atoms with E-state index in [0.29, 0.717) is 13.0 Å². The monoisotopic (exact) mass is 170 g/mol. The molecule has 0 N–H and O–H groups in total. The van der Waals surface area contributed by atoms with E-state index in [2.05, 4.69) is 22.4 Å². The maximum Gasteiger partial charge on any atom is 0.224 e. The first-order valence-corrected chi connectivity index (χ1v) is 4.03. The second-order valence-electron chi connectivity index (χ2n) is 2.51. The number of carbonyl (C=O) groups excluding carboxylic acids is 1. The summed E-state index contributed by atoms with van der Waals surface area (Å²) in [6, 6.07) is 0.0555. The molecule has 11 heavy (non-hydrogen) atoms. The molecule has 1 fully saturated rings. The first-order valence-electron chi connectivity index (χ1n) is 3.62. The summed E-state index contributed by atoms with van der Waals surface area (Å²) < 4.78 is 0. The van der Waals surface area contributed by atoms with Gasteiger partial charge in [-0.05, 0) is 19.1 Å². The van der Waals surface area contributed by atoms with Gasteiger partial charge in [0, 0.05) is 13.1 Å². The van der Waals surface area contributed by atoms with Crippen molar-refractivity contribution >= 4 is 23.3 Å². The summed E-state index contributed by atoms with van der Waals surface area (Å²) in [6.07, 6.45) is 0.498. The second-order valence-corrected chi connectivity index (χ2v) is 2.69. The summed E-state index contributed by atoms with van der Waals surface area (Å²) in [6.45, 7) is 3.43. The predicted octanol–water partition coefficient (Wildman–Crippen LogP) is 0.710. The molecular weight excluding hydrogens is 160 g/mol. The number of likely N-dealkylation sites (N-methyl/N-ethyl adjacent to an activating group) is 1. The average Bonchev–Trinajstić information content (AvgIpc) is 2.32. The van der Waals surface area contributed by atoms with Gasteiger partial charge in [0.1, 0.15) is 0 Å². The Balaban J connectivity index is 2.56. The van der Waals surface area contributed by atoms with Crippen molar-refractivity contribution in [3.63, 3.8) is 0 Å². The number of thiocarbonyl (C=S) groups is 1. The van der Waals surface area contributed by atoms with Crippen LogP contribution >= 0.6 is 12.2 Å². The molecule has 1 amide bonds. The molecule has 0 aromatic rings. The van der Waals surface area contributed by atoms with Gasteiger partial charge in [0.15, 0.2) is 0 Å². The van der Waals surface area contributed by atoms with Crippen molar-refractivity contribution in [2.75, 3.05) is 13.1 Å². The highest BCUT2D eigenvalue weighted by Crippen LogP contribution is 2.12. The van der Waals surface area contributed by atoms with E-state index in [1.165, 1.54) is 0 Å². The molecule has 0 radical (unpaired) electrons. The van der Waals surface area contributed by atoms with Crippen LogP contribution in [0.4, 0.5) is 0 Å². The van der Waals surface area contributed by atoms with E-state index in [1.807, 2.05) is 6.92 Å². The van der Waals surface area contributed by atoms with E-state index in [9.17, 15) is 4.79 Å². The molecule has 0 aromatic carbocycles. The number of hydrogen-bond acceptors (Lipinski definition) is 3. The molecule has 3 nitrogen and oxygen atoms in total. The molecule has 1 saturated heterocycles. The molecule has 1 rings (SSSR count). The van der Waals surface area contributed by atoms with Gasteiger partial charge >= 0.3 is 0 Å². The van der Waals surface area contributed by atoms with Gasteiger partial charge < -0.3 is 4.90 Å². The van der Waals surface area contributed by atoms with Gasteiger partial charge in [-0.15, -0.1) is 0 Å². The number of likely N-dealkylation sites (tertiary alicyclic amines) is 1. The standard InChI is InChI=1S/C7H10N2OS/c1-2-9-4-6(8-5-11)3-7(9)10/h6H,2-4H2,1H3. The van der Waals surface area contributed by atoms with Gasteiger partial charge in [0.05, 0.1) is 17.6 Å². The second kappa shape index (κ2) is 3.60. The van der Waals surface area contributed by atoms with Crippen LogP contribution in [0.15, 0.2) is 4.99 Å². The van der Waals surface area contributed by atoms with Crippen LogP contribution in [0.5, 0.6) is 0 Å². The highest BCUT2D eigenvalue weighted by Gasteiger charge is 2.27. The maximum atomic E-state index is 11.1. The minimum atomic E-state index is 0.0555. The Labute approximate surface area is 71.1 Å². The third-order valence-corrected chi connectivity index (χ3v) is 1.92. The minimum absolute atomic E-state index is 0.0555. The molecular formula is C7H10N2OS. The highest BCUT2D eigenvalue weighted by molar-refractivity contribution is 7.78. The van der Waals surface area contributed by atoms with Crippen LogP contribution < -0.4 is 0 Å². The molecule has 0 aromatic heterocycles. The topological polar surface area (TPSA) is 32.7 Å². The number of isothiocyanates is 1. The lowest BCUT2D eigenvalue weighted by molar-refractivity contribution is -0.127. The Kier molecular flexibility index (Phi) is 2.74. The molecule has 0 aliphatic carbocycles. The molecule has 1 heterocycles. The van der Waals surface area contributed by atoms with Crippen molar-refractivity contribution in [2.45, 2.75) is 19.4 Å². The summed E-state index contributed by atoms with van der Waals surface area (Å²) in [5, 5.41) is 2.30. The number of hydrogen-bond donors (Lipinski definition) is 0. The summed E-state index contributed by atoms with van der Waals surface area (Å²) in [4.78, 5) is 16.7. The molecule has 0 saturated carbocycles. The van der Waals surface area contributed by atoms with Crippen LogP contribution in [0.1, 0.15) is 13.3 Å². The van der Waals surface area contributed by atoms with Gasteiger partial charge in [0.25, 0.3) is 0 Å². The summed E-state index contributed by atoms with van der Waals surface area (Å²) in [7, 11) is 0. The zero-order valence-corrected chi connectivity index (χ0v) is 7.23. The Morgan fingerprint density at radius 2 is 2.64 bits per heavy atom. The van der Waals surface area contributed by atoms with E-state index < -0.39 is 0 Å². The first-order chi connectivity index (χ1) is 5.27. The van der Waals surface area contributed by atoms with E-state index >= 15 is 0 Å². The van der Waals surface area contributed by atoms with E-state index in [-0.39, 0.29) is 11.9 Å². The third kappa shape index (κ3) is 1.85. The van der Waals surface area contributed by atoms with E-state index in [4.69, 9.17) is 0 Å². The summed E-state index contributed by atoms with van der Waals surface area (Å²) >= 11 is 4.46. The van der Waals surface area contributed by atoms with Gasteiger partial charge in [-0.1, -0.05) is 0 Å².